The normalized spacial score (nSPS) is 23.8. The van der Waals surface area contributed by atoms with E-state index in [0.29, 0.717) is 24.1 Å². The zero-order valence-electron chi connectivity index (χ0n) is 16.7. The molecule has 1 aromatic rings. The summed E-state index contributed by atoms with van der Waals surface area (Å²) in [5.74, 6) is 0.568. The third kappa shape index (κ3) is 3.85. The second-order valence-electron chi connectivity index (χ2n) is 8.33. The second-order valence-corrected chi connectivity index (χ2v) is 8.33. The molecule has 0 aromatic heterocycles. The van der Waals surface area contributed by atoms with Crippen molar-refractivity contribution in [3.63, 3.8) is 0 Å². The Hall–Kier alpha value is -1.79. The Kier molecular flexibility index (Phi) is 6.20. The number of nitrogens with one attached hydrogen (secondary N) is 1. The van der Waals surface area contributed by atoms with Gasteiger partial charge < -0.3 is 19.9 Å². The van der Waals surface area contributed by atoms with Gasteiger partial charge in [0.2, 0.25) is 11.8 Å². The number of methoxy groups -OCH3 is 1. The lowest BCUT2D eigenvalue weighted by Gasteiger charge is -2.39. The molecule has 1 N–H and O–H groups in total. The number of nitrogens with zero attached hydrogens (tertiary/aromatic N) is 2. The first-order valence-electron chi connectivity index (χ1n) is 9.96. The maximum absolute atomic E-state index is 13.0. The highest BCUT2D eigenvalue weighted by atomic mass is 35.5. The maximum Gasteiger partial charge on any atom is 0.228 e. The summed E-state index contributed by atoms with van der Waals surface area (Å²) in [5.41, 5.74) is 2.23. The Morgan fingerprint density at radius 2 is 2.00 bits per heavy atom. The first-order chi connectivity index (χ1) is 13.0. The number of hydrogen-bond acceptors (Lipinski definition) is 4. The fourth-order valence-corrected chi connectivity index (χ4v) is 4.80. The highest BCUT2D eigenvalue weighted by molar-refractivity contribution is 6.01. The first kappa shape index (κ1) is 20.9. The fourth-order valence-electron chi connectivity index (χ4n) is 4.80. The third-order valence-electron chi connectivity index (χ3n) is 6.57. The van der Waals surface area contributed by atoms with E-state index in [-0.39, 0.29) is 30.1 Å². The average Bonchev–Trinajstić information content (AvgIpc) is 3.29. The van der Waals surface area contributed by atoms with Gasteiger partial charge in [0.25, 0.3) is 0 Å². The van der Waals surface area contributed by atoms with Crippen LogP contribution in [-0.2, 0) is 9.59 Å². The van der Waals surface area contributed by atoms with E-state index in [1.54, 1.807) is 12.0 Å². The van der Waals surface area contributed by atoms with E-state index in [1.807, 2.05) is 30.0 Å². The van der Waals surface area contributed by atoms with E-state index in [9.17, 15) is 9.59 Å². The SMILES string of the molecule is COc1ccc(C)cc1N1CC(C(=O)N2CCC3(CCNC3)CC2)CC1=O.Cl. The minimum absolute atomic E-state index is 0. The summed E-state index contributed by atoms with van der Waals surface area (Å²) in [7, 11) is 1.61. The zero-order valence-corrected chi connectivity index (χ0v) is 17.5. The van der Waals surface area contributed by atoms with E-state index in [4.69, 9.17) is 4.74 Å². The van der Waals surface area contributed by atoms with E-state index in [1.165, 1.54) is 6.42 Å². The summed E-state index contributed by atoms with van der Waals surface area (Å²) >= 11 is 0. The van der Waals surface area contributed by atoms with Gasteiger partial charge in [-0.05, 0) is 55.8 Å². The van der Waals surface area contributed by atoms with Crippen molar-refractivity contribution in [1.29, 1.82) is 0 Å². The van der Waals surface area contributed by atoms with Crippen molar-refractivity contribution in [1.82, 2.24) is 10.2 Å². The molecule has 3 saturated heterocycles. The van der Waals surface area contributed by atoms with Crippen LogP contribution in [-0.4, -0.2) is 56.5 Å². The Morgan fingerprint density at radius 3 is 2.64 bits per heavy atom. The van der Waals surface area contributed by atoms with Crippen LogP contribution in [0, 0.1) is 18.3 Å². The van der Waals surface area contributed by atoms with Crippen molar-refractivity contribution in [2.75, 3.05) is 44.7 Å². The summed E-state index contributed by atoms with van der Waals surface area (Å²) in [4.78, 5) is 29.4. The molecule has 3 fully saturated rings. The Morgan fingerprint density at radius 1 is 1.25 bits per heavy atom. The minimum atomic E-state index is -0.251. The molecule has 0 saturated carbocycles. The molecule has 1 aromatic carbocycles. The van der Waals surface area contributed by atoms with Crippen LogP contribution in [0.25, 0.3) is 0 Å². The van der Waals surface area contributed by atoms with Gasteiger partial charge in [0.15, 0.2) is 0 Å². The molecule has 4 rings (SSSR count). The average molecular weight is 408 g/mol. The predicted octanol–water partition coefficient (Wildman–Crippen LogP) is 2.38. The van der Waals surface area contributed by atoms with Crippen molar-refractivity contribution in [3.05, 3.63) is 23.8 Å². The van der Waals surface area contributed by atoms with Crippen molar-refractivity contribution >= 4 is 29.9 Å². The number of benzene rings is 1. The number of piperidine rings is 1. The lowest BCUT2D eigenvalue weighted by Crippen LogP contribution is -2.46. The standard InChI is InChI=1S/C21H29N3O3.ClH/c1-15-3-4-18(27-2)17(11-15)24-13-16(12-19(24)25)20(26)23-9-6-21(7-10-23)5-8-22-14-21;/h3-4,11,16,22H,5-10,12-14H2,1-2H3;1H. The van der Waals surface area contributed by atoms with Crippen molar-refractivity contribution in [2.24, 2.45) is 11.3 Å². The number of anilines is 1. The van der Waals surface area contributed by atoms with Gasteiger partial charge in [-0.25, -0.2) is 0 Å². The molecule has 6 nitrogen and oxygen atoms in total. The van der Waals surface area contributed by atoms with Gasteiger partial charge in [-0.15, -0.1) is 12.4 Å². The van der Waals surface area contributed by atoms with Gasteiger partial charge in [0.1, 0.15) is 5.75 Å². The minimum Gasteiger partial charge on any atom is -0.495 e. The zero-order chi connectivity index (χ0) is 19.0. The number of ether oxygens (including phenoxy) is 1. The van der Waals surface area contributed by atoms with E-state index in [2.05, 4.69) is 5.32 Å². The lowest BCUT2D eigenvalue weighted by atomic mass is 9.77. The van der Waals surface area contributed by atoms with Crippen LogP contribution in [0.3, 0.4) is 0 Å². The number of rotatable bonds is 3. The monoisotopic (exact) mass is 407 g/mol. The Bertz CT molecular complexity index is 738. The quantitative estimate of drug-likeness (QED) is 0.835. The number of likely N-dealkylation sites (tertiary alicyclic amines) is 1. The molecule has 0 radical (unpaired) electrons. The summed E-state index contributed by atoms with van der Waals surface area (Å²) in [5, 5.41) is 3.46. The van der Waals surface area contributed by atoms with Gasteiger partial charge >= 0.3 is 0 Å². The lowest BCUT2D eigenvalue weighted by molar-refractivity contribution is -0.137. The number of aryl methyl sites for hydroxylation is 1. The molecule has 154 valence electrons. The number of amides is 2. The van der Waals surface area contributed by atoms with Gasteiger partial charge in [-0.1, -0.05) is 6.07 Å². The van der Waals surface area contributed by atoms with E-state index < -0.39 is 0 Å². The number of carbonyl (C=O) groups excluding carboxylic acids is 2. The molecular weight excluding hydrogens is 378 g/mol. The smallest absolute Gasteiger partial charge is 0.228 e. The summed E-state index contributed by atoms with van der Waals surface area (Å²) < 4.78 is 5.43. The first-order valence-corrected chi connectivity index (χ1v) is 9.96. The second kappa shape index (κ2) is 8.29. The van der Waals surface area contributed by atoms with Crippen LogP contribution in [0.2, 0.25) is 0 Å². The molecule has 1 unspecified atom stereocenters. The summed E-state index contributed by atoms with van der Waals surface area (Å²) in [6.07, 6.45) is 3.65. The molecule has 1 atom stereocenters. The molecule has 1 spiro atoms. The van der Waals surface area contributed by atoms with Gasteiger partial charge in [0, 0.05) is 32.6 Å². The van der Waals surface area contributed by atoms with Crippen molar-refractivity contribution < 1.29 is 14.3 Å². The molecule has 3 heterocycles. The van der Waals surface area contributed by atoms with Gasteiger partial charge in [-0.3, -0.25) is 9.59 Å². The summed E-state index contributed by atoms with van der Waals surface area (Å²) in [6, 6.07) is 5.81. The van der Waals surface area contributed by atoms with Gasteiger partial charge in [0.05, 0.1) is 18.7 Å². The van der Waals surface area contributed by atoms with E-state index >= 15 is 0 Å². The van der Waals surface area contributed by atoms with Crippen LogP contribution in [0.4, 0.5) is 5.69 Å². The molecule has 0 bridgehead atoms. The Labute approximate surface area is 173 Å². The predicted molar refractivity (Wildman–Crippen MR) is 111 cm³/mol. The topological polar surface area (TPSA) is 61.9 Å². The van der Waals surface area contributed by atoms with Crippen molar-refractivity contribution in [2.45, 2.75) is 32.6 Å². The molecule has 3 aliphatic heterocycles. The van der Waals surface area contributed by atoms with Crippen LogP contribution in [0.15, 0.2) is 18.2 Å². The Balaban J connectivity index is 0.00000225. The molecule has 28 heavy (non-hydrogen) atoms. The number of halogens is 1. The van der Waals surface area contributed by atoms with Crippen molar-refractivity contribution in [3.8, 4) is 5.75 Å². The van der Waals surface area contributed by atoms with E-state index in [0.717, 1.165) is 50.3 Å². The molecule has 3 aliphatic rings. The number of carbonyl (C=O) groups is 2. The molecular formula is C21H30ClN3O3. The molecule has 0 aliphatic carbocycles. The molecule has 7 heteroatoms. The van der Waals surface area contributed by atoms with Crippen LogP contribution in [0.5, 0.6) is 5.75 Å². The van der Waals surface area contributed by atoms with Crippen LogP contribution < -0.4 is 15.0 Å². The molecule has 2 amide bonds. The maximum atomic E-state index is 13.0. The summed E-state index contributed by atoms with van der Waals surface area (Å²) in [6.45, 7) is 6.25. The fraction of sp³-hybridized carbons (Fsp3) is 0.619. The van der Waals surface area contributed by atoms with Gasteiger partial charge in [-0.2, -0.15) is 0 Å². The highest BCUT2D eigenvalue weighted by Gasteiger charge is 2.42. The number of hydrogen-bond donors (Lipinski definition) is 1. The third-order valence-corrected chi connectivity index (χ3v) is 6.57. The van der Waals surface area contributed by atoms with Crippen LogP contribution in [0.1, 0.15) is 31.2 Å². The highest BCUT2D eigenvalue weighted by Crippen LogP contribution is 2.38. The largest absolute Gasteiger partial charge is 0.495 e. The van der Waals surface area contributed by atoms with Crippen LogP contribution >= 0.6 is 12.4 Å².